The summed E-state index contributed by atoms with van der Waals surface area (Å²) in [5.74, 6) is -0.963. The first-order valence-electron chi connectivity index (χ1n) is 8.86. The number of anilines is 1. The smallest absolute Gasteiger partial charge is 0.351 e. The molecule has 1 aromatic heterocycles. The van der Waals surface area contributed by atoms with Crippen LogP contribution in [0.4, 0.5) is 5.82 Å². The minimum absolute atomic E-state index is 0.00111. The number of nitrogens with zero attached hydrogens (tertiary/aromatic N) is 2. The molecule has 0 unspecified atom stereocenters. The van der Waals surface area contributed by atoms with Gasteiger partial charge in [-0.3, -0.25) is 20.0 Å². The molecule has 2 fully saturated rings. The number of carbonyl (C=O) groups is 1. The molecule has 3 rings (SSSR count). The van der Waals surface area contributed by atoms with Crippen molar-refractivity contribution in [2.24, 2.45) is 5.92 Å². The van der Waals surface area contributed by atoms with E-state index < -0.39 is 36.0 Å². The van der Waals surface area contributed by atoms with Gasteiger partial charge in [0.25, 0.3) is 0 Å². The zero-order chi connectivity index (χ0) is 19.8. The van der Waals surface area contributed by atoms with Crippen LogP contribution in [0.25, 0.3) is 0 Å². The Morgan fingerprint density at radius 2 is 2.11 bits per heavy atom. The number of fused-ring (bicyclic) bond motifs is 1. The lowest BCUT2D eigenvalue weighted by molar-refractivity contribution is -0.203. The Morgan fingerprint density at radius 3 is 2.74 bits per heavy atom. The molecule has 10 heteroatoms. The van der Waals surface area contributed by atoms with Gasteiger partial charge in [-0.25, -0.2) is 4.79 Å². The summed E-state index contributed by atoms with van der Waals surface area (Å²) in [5, 5.41) is 8.88. The Hall–Kier alpha value is -2.01. The monoisotopic (exact) mass is 383 g/mol. The third-order valence-corrected chi connectivity index (χ3v) is 4.33. The third kappa shape index (κ3) is 4.29. The fourth-order valence-electron chi connectivity index (χ4n) is 3.25. The molecule has 0 saturated carbocycles. The van der Waals surface area contributed by atoms with Crippen LogP contribution in [-0.2, 0) is 23.7 Å². The molecule has 2 saturated heterocycles. The topological polar surface area (TPSA) is 121 Å². The van der Waals surface area contributed by atoms with Crippen molar-refractivity contribution >= 4 is 11.8 Å². The maximum atomic E-state index is 12.3. The van der Waals surface area contributed by atoms with Crippen molar-refractivity contribution < 1.29 is 28.9 Å². The highest BCUT2D eigenvalue weighted by molar-refractivity contribution is 5.69. The molecule has 0 aromatic carbocycles. The van der Waals surface area contributed by atoms with Crippen LogP contribution in [0.15, 0.2) is 17.1 Å². The molecule has 150 valence electrons. The highest BCUT2D eigenvalue weighted by atomic mass is 16.8. The Bertz CT molecular complexity index is 748. The van der Waals surface area contributed by atoms with Crippen LogP contribution in [-0.4, -0.2) is 51.4 Å². The molecule has 0 aliphatic carbocycles. The zero-order valence-corrected chi connectivity index (χ0v) is 15.7. The number of hydrogen-bond acceptors (Lipinski definition) is 9. The summed E-state index contributed by atoms with van der Waals surface area (Å²) >= 11 is 0. The Morgan fingerprint density at radius 1 is 1.41 bits per heavy atom. The lowest BCUT2D eigenvalue weighted by atomic mass is 10.1. The normalized spacial score (nSPS) is 29.0. The predicted octanol–water partition coefficient (Wildman–Crippen LogP) is 1.05. The quantitative estimate of drug-likeness (QED) is 0.548. The van der Waals surface area contributed by atoms with Crippen molar-refractivity contribution in [3.63, 3.8) is 0 Å². The SMILES string of the molecule is CC(C)CC(=O)OC[C@H]1O[C@@H](n2ccc(NO)nc2=O)[C@@H]2OC(C)(C)O[C@@H]21. The number of nitrogens with one attached hydrogen (secondary N) is 1. The first-order valence-corrected chi connectivity index (χ1v) is 8.86. The Kier molecular flexibility index (Phi) is 5.52. The molecule has 0 spiro atoms. The summed E-state index contributed by atoms with van der Waals surface area (Å²) in [7, 11) is 0. The van der Waals surface area contributed by atoms with Gasteiger partial charge in [0, 0.05) is 12.6 Å². The van der Waals surface area contributed by atoms with Gasteiger partial charge in [-0.1, -0.05) is 13.8 Å². The van der Waals surface area contributed by atoms with E-state index in [4.69, 9.17) is 24.2 Å². The van der Waals surface area contributed by atoms with Crippen LogP contribution in [0, 0.1) is 5.92 Å². The molecule has 2 aliphatic heterocycles. The Labute approximate surface area is 156 Å². The van der Waals surface area contributed by atoms with E-state index in [-0.39, 0.29) is 24.3 Å². The van der Waals surface area contributed by atoms with Crippen LogP contribution >= 0.6 is 0 Å². The molecule has 0 bridgehead atoms. The van der Waals surface area contributed by atoms with Gasteiger partial charge < -0.3 is 18.9 Å². The van der Waals surface area contributed by atoms with E-state index in [1.807, 2.05) is 19.3 Å². The fraction of sp³-hybridized carbons (Fsp3) is 0.706. The van der Waals surface area contributed by atoms with Gasteiger partial charge in [0.15, 0.2) is 17.8 Å². The van der Waals surface area contributed by atoms with E-state index in [1.54, 1.807) is 13.8 Å². The Balaban J connectivity index is 1.78. The van der Waals surface area contributed by atoms with Crippen LogP contribution < -0.4 is 11.2 Å². The van der Waals surface area contributed by atoms with Crippen molar-refractivity contribution in [3.8, 4) is 0 Å². The highest BCUT2D eigenvalue weighted by Gasteiger charge is 2.56. The van der Waals surface area contributed by atoms with Crippen molar-refractivity contribution in [3.05, 3.63) is 22.7 Å². The minimum Gasteiger partial charge on any atom is -0.463 e. The number of aromatic nitrogens is 2. The van der Waals surface area contributed by atoms with Gasteiger partial charge >= 0.3 is 11.7 Å². The van der Waals surface area contributed by atoms with Gasteiger partial charge in [0.1, 0.15) is 24.9 Å². The number of hydrogen-bond donors (Lipinski definition) is 2. The standard InChI is InChI=1S/C17H25N3O7/c1-9(2)7-12(21)24-8-10-13-14(27-17(3,4)26-13)15(25-10)20-6-5-11(19-23)18-16(20)22/h5-6,9-10,13-15,23H,7-8H2,1-4H3,(H,18,19,22)/t10-,13-,14-,15-/m1/s1. The van der Waals surface area contributed by atoms with E-state index in [9.17, 15) is 9.59 Å². The molecular formula is C17H25N3O7. The third-order valence-electron chi connectivity index (χ3n) is 4.33. The second-order valence-corrected chi connectivity index (χ2v) is 7.53. The van der Waals surface area contributed by atoms with Gasteiger partial charge in [-0.05, 0) is 25.8 Å². The lowest BCUT2D eigenvalue weighted by Crippen LogP contribution is -2.34. The van der Waals surface area contributed by atoms with Gasteiger partial charge in [-0.2, -0.15) is 4.98 Å². The second-order valence-electron chi connectivity index (χ2n) is 7.53. The molecule has 1 aromatic rings. The van der Waals surface area contributed by atoms with Crippen LogP contribution in [0.1, 0.15) is 40.3 Å². The van der Waals surface area contributed by atoms with E-state index in [1.165, 1.54) is 16.8 Å². The summed E-state index contributed by atoms with van der Waals surface area (Å²) in [5.41, 5.74) is 1.20. The van der Waals surface area contributed by atoms with Crippen molar-refractivity contribution in [2.75, 3.05) is 12.1 Å². The number of esters is 1. The molecule has 10 nitrogen and oxygen atoms in total. The summed E-state index contributed by atoms with van der Waals surface area (Å²) < 4.78 is 24.3. The van der Waals surface area contributed by atoms with E-state index in [0.717, 1.165) is 0 Å². The number of rotatable bonds is 6. The van der Waals surface area contributed by atoms with Crippen molar-refractivity contribution in [1.82, 2.24) is 9.55 Å². The first kappa shape index (κ1) is 19.7. The van der Waals surface area contributed by atoms with Gasteiger partial charge in [0.2, 0.25) is 0 Å². The van der Waals surface area contributed by atoms with E-state index in [2.05, 4.69) is 4.98 Å². The average molecular weight is 383 g/mol. The molecule has 2 N–H and O–H groups in total. The van der Waals surface area contributed by atoms with Crippen LogP contribution in [0.2, 0.25) is 0 Å². The van der Waals surface area contributed by atoms with Gasteiger partial charge in [0.05, 0.1) is 0 Å². The fourth-order valence-corrected chi connectivity index (χ4v) is 3.25. The van der Waals surface area contributed by atoms with Crippen molar-refractivity contribution in [2.45, 2.75) is 64.4 Å². The maximum absolute atomic E-state index is 12.3. The molecule has 27 heavy (non-hydrogen) atoms. The molecule has 0 radical (unpaired) electrons. The molecular weight excluding hydrogens is 358 g/mol. The largest absolute Gasteiger partial charge is 0.463 e. The summed E-state index contributed by atoms with van der Waals surface area (Å²) in [6, 6.07) is 1.43. The van der Waals surface area contributed by atoms with Crippen LogP contribution in [0.3, 0.4) is 0 Å². The first-order chi connectivity index (χ1) is 12.7. The van der Waals surface area contributed by atoms with E-state index >= 15 is 0 Å². The average Bonchev–Trinajstić information content (AvgIpc) is 3.05. The summed E-state index contributed by atoms with van der Waals surface area (Å²) in [4.78, 5) is 27.8. The number of ether oxygens (including phenoxy) is 4. The highest BCUT2D eigenvalue weighted by Crippen LogP contribution is 2.42. The predicted molar refractivity (Wildman–Crippen MR) is 92.1 cm³/mol. The van der Waals surface area contributed by atoms with Crippen molar-refractivity contribution in [1.29, 1.82) is 0 Å². The minimum atomic E-state index is -0.860. The summed E-state index contributed by atoms with van der Waals surface area (Å²) in [6.45, 7) is 7.40. The zero-order valence-electron chi connectivity index (χ0n) is 15.7. The summed E-state index contributed by atoms with van der Waals surface area (Å²) in [6.07, 6.45) is -0.692. The van der Waals surface area contributed by atoms with E-state index in [0.29, 0.717) is 6.42 Å². The number of carbonyl (C=O) groups excluding carboxylic acids is 1. The second kappa shape index (κ2) is 7.55. The molecule has 0 amide bonds. The lowest BCUT2D eigenvalue weighted by Gasteiger charge is -2.24. The molecule has 2 aliphatic rings. The molecule has 4 atom stereocenters. The molecule has 3 heterocycles. The maximum Gasteiger partial charge on any atom is 0.351 e. The van der Waals surface area contributed by atoms with Gasteiger partial charge in [-0.15, -0.1) is 0 Å². The van der Waals surface area contributed by atoms with Crippen LogP contribution in [0.5, 0.6) is 0 Å².